The molecule has 0 radical (unpaired) electrons. The summed E-state index contributed by atoms with van der Waals surface area (Å²) in [7, 11) is -3.94. The van der Waals surface area contributed by atoms with Gasteiger partial charge in [-0.3, -0.25) is 9.52 Å². The van der Waals surface area contributed by atoms with Crippen LogP contribution in [0.15, 0.2) is 76.1 Å². The molecule has 9 heteroatoms. The zero-order valence-electron chi connectivity index (χ0n) is 15.9. The molecule has 0 saturated heterocycles. The fourth-order valence-corrected chi connectivity index (χ4v) is 4.13. The summed E-state index contributed by atoms with van der Waals surface area (Å²) in [4.78, 5) is 12.4. The van der Waals surface area contributed by atoms with Crippen molar-refractivity contribution in [2.75, 3.05) is 16.6 Å². The van der Waals surface area contributed by atoms with Gasteiger partial charge >= 0.3 is 0 Å². The van der Waals surface area contributed by atoms with E-state index in [4.69, 9.17) is 4.74 Å². The number of nitrogens with one attached hydrogen (secondary N) is 2. The summed E-state index contributed by atoms with van der Waals surface area (Å²) in [6.45, 7) is 2.05. The van der Waals surface area contributed by atoms with Crippen LogP contribution in [0.1, 0.15) is 17.3 Å². The smallest absolute Gasteiger partial charge is 0.261 e. The SMILES string of the molecule is CCOc1ccc(S(=O)(=O)Nc2cccc(Br)c2)cc1NC(=O)c1ccccc1F. The Kier molecular flexibility index (Phi) is 6.73. The summed E-state index contributed by atoms with van der Waals surface area (Å²) in [5.41, 5.74) is 0.317. The van der Waals surface area contributed by atoms with Crippen LogP contribution < -0.4 is 14.8 Å². The van der Waals surface area contributed by atoms with Gasteiger partial charge in [0, 0.05) is 10.2 Å². The number of sulfonamides is 1. The number of anilines is 2. The Balaban J connectivity index is 1.94. The minimum Gasteiger partial charge on any atom is -0.492 e. The molecule has 0 atom stereocenters. The Bertz CT molecular complexity index is 1190. The van der Waals surface area contributed by atoms with Crippen LogP contribution in [0.2, 0.25) is 0 Å². The van der Waals surface area contributed by atoms with Crippen LogP contribution in [0, 0.1) is 5.82 Å². The molecule has 0 heterocycles. The molecular formula is C21H18BrFN2O4S. The highest BCUT2D eigenvalue weighted by Gasteiger charge is 2.19. The number of ether oxygens (including phenoxy) is 1. The van der Waals surface area contributed by atoms with Crippen LogP contribution >= 0.6 is 15.9 Å². The summed E-state index contributed by atoms with van der Waals surface area (Å²) < 4.78 is 48.2. The number of hydrogen-bond donors (Lipinski definition) is 2. The van der Waals surface area contributed by atoms with Crippen molar-refractivity contribution in [3.63, 3.8) is 0 Å². The van der Waals surface area contributed by atoms with Crippen LogP contribution in [-0.2, 0) is 10.0 Å². The molecule has 30 heavy (non-hydrogen) atoms. The highest BCUT2D eigenvalue weighted by Crippen LogP contribution is 2.30. The Hall–Kier alpha value is -2.91. The van der Waals surface area contributed by atoms with Gasteiger partial charge in [0.25, 0.3) is 15.9 Å². The minimum absolute atomic E-state index is 0.0882. The van der Waals surface area contributed by atoms with Crippen LogP contribution in [-0.4, -0.2) is 20.9 Å². The molecule has 3 aromatic rings. The number of hydrogen-bond acceptors (Lipinski definition) is 4. The first kappa shape index (κ1) is 21.8. The third-order valence-corrected chi connectivity index (χ3v) is 5.88. The van der Waals surface area contributed by atoms with Gasteiger partial charge in [0.05, 0.1) is 22.8 Å². The van der Waals surface area contributed by atoms with E-state index in [1.165, 1.54) is 42.5 Å². The van der Waals surface area contributed by atoms with Crippen molar-refractivity contribution >= 4 is 43.2 Å². The third kappa shape index (κ3) is 5.17. The summed E-state index contributed by atoms with van der Waals surface area (Å²) in [5, 5.41) is 2.53. The summed E-state index contributed by atoms with van der Waals surface area (Å²) in [5.74, 6) is -1.14. The van der Waals surface area contributed by atoms with Crippen molar-refractivity contribution in [1.29, 1.82) is 0 Å². The molecule has 1 amide bonds. The van der Waals surface area contributed by atoms with Gasteiger partial charge in [-0.1, -0.05) is 34.1 Å². The monoisotopic (exact) mass is 492 g/mol. The minimum atomic E-state index is -3.94. The maximum Gasteiger partial charge on any atom is 0.261 e. The Morgan fingerprint density at radius 2 is 1.83 bits per heavy atom. The number of carbonyl (C=O) groups is 1. The Morgan fingerprint density at radius 1 is 1.07 bits per heavy atom. The maximum absolute atomic E-state index is 13.9. The number of benzene rings is 3. The molecule has 0 aromatic heterocycles. The lowest BCUT2D eigenvalue weighted by atomic mass is 10.2. The lowest BCUT2D eigenvalue weighted by Gasteiger charge is -2.14. The van der Waals surface area contributed by atoms with E-state index in [1.807, 2.05) is 0 Å². The van der Waals surface area contributed by atoms with Gasteiger partial charge in [0.15, 0.2) is 0 Å². The van der Waals surface area contributed by atoms with E-state index in [0.717, 1.165) is 0 Å². The predicted octanol–water partition coefficient (Wildman–Crippen LogP) is 5.04. The zero-order chi connectivity index (χ0) is 21.7. The lowest BCUT2D eigenvalue weighted by Crippen LogP contribution is -2.17. The van der Waals surface area contributed by atoms with Crippen molar-refractivity contribution in [1.82, 2.24) is 0 Å². The van der Waals surface area contributed by atoms with Crippen molar-refractivity contribution in [3.05, 3.63) is 82.6 Å². The van der Waals surface area contributed by atoms with Gasteiger partial charge < -0.3 is 10.1 Å². The van der Waals surface area contributed by atoms with Gasteiger partial charge in [-0.25, -0.2) is 12.8 Å². The summed E-state index contributed by atoms with van der Waals surface area (Å²) in [6.07, 6.45) is 0. The molecule has 0 bridgehead atoms. The first-order chi connectivity index (χ1) is 14.3. The van der Waals surface area contributed by atoms with E-state index in [-0.39, 0.29) is 21.9 Å². The molecule has 2 N–H and O–H groups in total. The van der Waals surface area contributed by atoms with Gasteiger partial charge in [-0.2, -0.15) is 0 Å². The molecule has 0 spiro atoms. The fraction of sp³-hybridized carbons (Fsp3) is 0.0952. The van der Waals surface area contributed by atoms with E-state index >= 15 is 0 Å². The second kappa shape index (κ2) is 9.27. The zero-order valence-corrected chi connectivity index (χ0v) is 18.3. The Morgan fingerprint density at radius 3 is 2.53 bits per heavy atom. The molecule has 0 saturated carbocycles. The Labute approximate surface area is 182 Å². The van der Waals surface area contributed by atoms with E-state index < -0.39 is 21.7 Å². The van der Waals surface area contributed by atoms with Gasteiger partial charge in [-0.15, -0.1) is 0 Å². The second-order valence-corrected chi connectivity index (χ2v) is 8.74. The van der Waals surface area contributed by atoms with Crippen LogP contribution in [0.3, 0.4) is 0 Å². The third-order valence-electron chi connectivity index (χ3n) is 4.00. The van der Waals surface area contributed by atoms with Crippen LogP contribution in [0.25, 0.3) is 0 Å². The first-order valence-corrected chi connectivity index (χ1v) is 11.2. The van der Waals surface area contributed by atoms with E-state index in [0.29, 0.717) is 16.8 Å². The van der Waals surface area contributed by atoms with Gasteiger partial charge in [0.1, 0.15) is 11.6 Å². The first-order valence-electron chi connectivity index (χ1n) is 8.91. The van der Waals surface area contributed by atoms with Gasteiger partial charge in [-0.05, 0) is 55.5 Å². The molecule has 0 unspecified atom stereocenters. The molecule has 6 nitrogen and oxygen atoms in total. The molecular weight excluding hydrogens is 475 g/mol. The molecule has 3 rings (SSSR count). The van der Waals surface area contributed by atoms with Gasteiger partial charge in [0.2, 0.25) is 0 Å². The quantitative estimate of drug-likeness (QED) is 0.483. The molecule has 156 valence electrons. The maximum atomic E-state index is 13.9. The normalized spacial score (nSPS) is 11.0. The van der Waals surface area contributed by atoms with Crippen LogP contribution in [0.4, 0.5) is 15.8 Å². The molecule has 0 aliphatic carbocycles. The second-order valence-electron chi connectivity index (χ2n) is 6.14. The average molecular weight is 493 g/mol. The highest BCUT2D eigenvalue weighted by atomic mass is 79.9. The van der Waals surface area contributed by atoms with E-state index in [1.54, 1.807) is 31.2 Å². The summed E-state index contributed by atoms with van der Waals surface area (Å²) in [6, 6.07) is 16.3. The van der Waals surface area contributed by atoms with Crippen molar-refractivity contribution in [2.24, 2.45) is 0 Å². The van der Waals surface area contributed by atoms with E-state index in [9.17, 15) is 17.6 Å². The topological polar surface area (TPSA) is 84.5 Å². The van der Waals surface area contributed by atoms with Crippen molar-refractivity contribution in [2.45, 2.75) is 11.8 Å². The summed E-state index contributed by atoms with van der Waals surface area (Å²) >= 11 is 3.29. The molecule has 0 aliphatic rings. The number of amides is 1. The predicted molar refractivity (Wildman–Crippen MR) is 117 cm³/mol. The van der Waals surface area contributed by atoms with Crippen molar-refractivity contribution < 1.29 is 22.3 Å². The van der Waals surface area contributed by atoms with Crippen molar-refractivity contribution in [3.8, 4) is 5.75 Å². The molecule has 0 aliphatic heterocycles. The standard InChI is InChI=1S/C21H18BrFN2O4S/c1-2-29-20-11-10-16(30(27,28)25-15-7-5-6-14(22)12-15)13-19(20)24-21(26)17-8-3-4-9-18(17)23/h3-13,25H,2H2,1H3,(H,24,26). The fourth-order valence-electron chi connectivity index (χ4n) is 2.66. The molecule has 0 fully saturated rings. The van der Waals surface area contributed by atoms with E-state index in [2.05, 4.69) is 26.0 Å². The number of rotatable bonds is 7. The number of halogens is 2. The molecule has 3 aromatic carbocycles. The largest absolute Gasteiger partial charge is 0.492 e. The lowest BCUT2D eigenvalue weighted by molar-refractivity contribution is 0.102. The number of carbonyl (C=O) groups excluding carboxylic acids is 1. The van der Waals surface area contributed by atoms with Crippen LogP contribution in [0.5, 0.6) is 5.75 Å². The highest BCUT2D eigenvalue weighted by molar-refractivity contribution is 9.10. The average Bonchev–Trinajstić information content (AvgIpc) is 2.69.